The molecule has 1 heterocycles. The lowest BCUT2D eigenvalue weighted by Crippen LogP contribution is -2.26. The normalized spacial score (nSPS) is 13.9. The number of benzene rings is 1. The largest absolute Gasteiger partial charge is 0.396 e. The molecule has 1 aromatic carbocycles. The molecular formula is C17H21BrN2O. The fourth-order valence-corrected chi connectivity index (χ4v) is 2.71. The summed E-state index contributed by atoms with van der Waals surface area (Å²) in [6.45, 7) is 3.13. The topological polar surface area (TPSA) is 45.1 Å². The van der Waals surface area contributed by atoms with Crippen LogP contribution in [0.1, 0.15) is 36.6 Å². The molecule has 0 spiro atoms. The van der Waals surface area contributed by atoms with Crippen LogP contribution in [0, 0.1) is 0 Å². The van der Waals surface area contributed by atoms with Crippen molar-refractivity contribution in [2.75, 3.05) is 13.2 Å². The summed E-state index contributed by atoms with van der Waals surface area (Å²) in [4.78, 5) is 4.47. The molecule has 3 nitrogen and oxygen atoms in total. The zero-order valence-electron chi connectivity index (χ0n) is 12.2. The molecule has 0 unspecified atom stereocenters. The van der Waals surface area contributed by atoms with Crippen LogP contribution in [0.2, 0.25) is 0 Å². The average Bonchev–Trinajstić information content (AvgIpc) is 2.52. The van der Waals surface area contributed by atoms with Crippen LogP contribution in [0.5, 0.6) is 0 Å². The van der Waals surface area contributed by atoms with Crippen molar-refractivity contribution in [3.63, 3.8) is 0 Å². The summed E-state index contributed by atoms with van der Waals surface area (Å²) in [5.74, 6) is 0.311. The maximum absolute atomic E-state index is 9.27. The van der Waals surface area contributed by atoms with Gasteiger partial charge < -0.3 is 10.4 Å². The zero-order valence-corrected chi connectivity index (χ0v) is 13.8. The Kier molecular flexibility index (Phi) is 6.36. The third kappa shape index (κ3) is 4.92. The van der Waals surface area contributed by atoms with Gasteiger partial charge >= 0.3 is 0 Å². The first-order chi connectivity index (χ1) is 10.2. The molecule has 0 bridgehead atoms. The number of aliphatic hydroxyl groups excluding tert-OH is 1. The minimum absolute atomic E-state index is 0.174. The number of pyridine rings is 1. The van der Waals surface area contributed by atoms with E-state index in [4.69, 9.17) is 0 Å². The molecule has 0 aliphatic carbocycles. The van der Waals surface area contributed by atoms with E-state index in [0.717, 1.165) is 23.3 Å². The number of hydrogen-bond acceptors (Lipinski definition) is 3. The van der Waals surface area contributed by atoms with Crippen molar-refractivity contribution >= 4 is 15.9 Å². The lowest BCUT2D eigenvalue weighted by Gasteiger charge is -2.20. The summed E-state index contributed by atoms with van der Waals surface area (Å²) in [7, 11) is 0. The van der Waals surface area contributed by atoms with Gasteiger partial charge in [-0.1, -0.05) is 36.4 Å². The summed E-state index contributed by atoms with van der Waals surface area (Å²) in [5.41, 5.74) is 2.27. The van der Waals surface area contributed by atoms with Crippen molar-refractivity contribution in [3.8, 4) is 0 Å². The van der Waals surface area contributed by atoms with Gasteiger partial charge in [0.2, 0.25) is 0 Å². The van der Waals surface area contributed by atoms with Gasteiger partial charge in [0.25, 0.3) is 0 Å². The predicted molar refractivity (Wildman–Crippen MR) is 89.2 cm³/mol. The number of nitrogens with one attached hydrogen (secondary N) is 1. The van der Waals surface area contributed by atoms with E-state index in [1.165, 1.54) is 5.56 Å². The van der Waals surface area contributed by atoms with Crippen LogP contribution in [0.4, 0.5) is 0 Å². The minimum Gasteiger partial charge on any atom is -0.396 e. The smallest absolute Gasteiger partial charge is 0.106 e. The number of hydrogen-bond donors (Lipinski definition) is 2. The lowest BCUT2D eigenvalue weighted by atomic mass is 9.95. The Balaban J connectivity index is 1.98. The maximum atomic E-state index is 9.27. The van der Waals surface area contributed by atoms with Crippen LogP contribution in [0.25, 0.3) is 0 Å². The van der Waals surface area contributed by atoms with Crippen LogP contribution >= 0.6 is 15.9 Å². The van der Waals surface area contributed by atoms with Crippen LogP contribution in [0.3, 0.4) is 0 Å². The Hall–Kier alpha value is -1.23. The van der Waals surface area contributed by atoms with Gasteiger partial charge in [0.1, 0.15) is 4.60 Å². The first-order valence-corrected chi connectivity index (χ1v) is 8.01. The Labute approximate surface area is 134 Å². The molecule has 4 heteroatoms. The molecule has 1 aromatic heterocycles. The summed E-state index contributed by atoms with van der Waals surface area (Å²) < 4.78 is 0.851. The Bertz CT molecular complexity index is 547. The van der Waals surface area contributed by atoms with Crippen LogP contribution < -0.4 is 5.32 Å². The van der Waals surface area contributed by atoms with Crippen LogP contribution in [-0.2, 0) is 0 Å². The Morgan fingerprint density at radius 1 is 1.14 bits per heavy atom. The van der Waals surface area contributed by atoms with Gasteiger partial charge in [0, 0.05) is 19.2 Å². The highest BCUT2D eigenvalue weighted by Gasteiger charge is 2.13. The van der Waals surface area contributed by atoms with Gasteiger partial charge in [-0.25, -0.2) is 4.98 Å². The molecular weight excluding hydrogens is 328 g/mol. The number of aliphatic hydroxyl groups is 1. The molecule has 2 rings (SSSR count). The Morgan fingerprint density at radius 3 is 2.57 bits per heavy atom. The van der Waals surface area contributed by atoms with Crippen molar-refractivity contribution in [1.29, 1.82) is 0 Å². The molecule has 0 saturated carbocycles. The quantitative estimate of drug-likeness (QED) is 0.750. The van der Waals surface area contributed by atoms with Gasteiger partial charge in [-0.15, -0.1) is 0 Å². The standard InChI is InChI=1S/C17H21BrN2O/c1-13(16-8-5-9-17(18)20-16)19-12-15(10-11-21)14-6-3-2-4-7-14/h2-9,13,15,19,21H,10-12H2,1H3/t13-,15-/m0/s1. The van der Waals surface area contributed by atoms with Crippen molar-refractivity contribution in [1.82, 2.24) is 10.3 Å². The van der Waals surface area contributed by atoms with Gasteiger partial charge in [0.15, 0.2) is 0 Å². The molecule has 0 amide bonds. The SMILES string of the molecule is C[C@H](NC[C@H](CCO)c1ccccc1)c1cccc(Br)n1. The van der Waals surface area contributed by atoms with Crippen molar-refractivity contribution in [2.24, 2.45) is 0 Å². The number of halogens is 1. The van der Waals surface area contributed by atoms with Crippen molar-refractivity contribution in [3.05, 3.63) is 64.4 Å². The second-order valence-electron chi connectivity index (χ2n) is 5.14. The maximum Gasteiger partial charge on any atom is 0.106 e. The van der Waals surface area contributed by atoms with E-state index in [1.54, 1.807) is 0 Å². The highest BCUT2D eigenvalue weighted by Crippen LogP contribution is 2.20. The van der Waals surface area contributed by atoms with E-state index in [1.807, 2.05) is 36.4 Å². The molecule has 0 fully saturated rings. The van der Waals surface area contributed by atoms with Gasteiger partial charge in [-0.05, 0) is 52.9 Å². The number of rotatable bonds is 7. The molecule has 2 atom stereocenters. The number of aromatic nitrogens is 1. The summed E-state index contributed by atoms with van der Waals surface area (Å²) >= 11 is 3.40. The van der Waals surface area contributed by atoms with Crippen molar-refractivity contribution in [2.45, 2.75) is 25.3 Å². The number of nitrogens with zero attached hydrogens (tertiary/aromatic N) is 1. The van der Waals surface area contributed by atoms with E-state index >= 15 is 0 Å². The Morgan fingerprint density at radius 2 is 1.90 bits per heavy atom. The summed E-state index contributed by atoms with van der Waals surface area (Å²) in [6, 6.07) is 16.4. The van der Waals surface area contributed by atoms with E-state index < -0.39 is 0 Å². The van der Waals surface area contributed by atoms with Crippen LogP contribution in [-0.4, -0.2) is 23.2 Å². The van der Waals surface area contributed by atoms with E-state index in [-0.39, 0.29) is 12.6 Å². The highest BCUT2D eigenvalue weighted by atomic mass is 79.9. The fourth-order valence-electron chi connectivity index (χ4n) is 2.36. The highest BCUT2D eigenvalue weighted by molar-refractivity contribution is 9.10. The first kappa shape index (κ1) is 16.1. The van der Waals surface area contributed by atoms with Crippen molar-refractivity contribution < 1.29 is 5.11 Å². The molecule has 2 aromatic rings. The average molecular weight is 349 g/mol. The molecule has 112 valence electrons. The molecule has 0 radical (unpaired) electrons. The van der Waals surface area contributed by atoms with E-state index in [0.29, 0.717) is 5.92 Å². The molecule has 21 heavy (non-hydrogen) atoms. The third-order valence-corrected chi connectivity index (χ3v) is 4.04. The third-order valence-electron chi connectivity index (χ3n) is 3.60. The second kappa shape index (κ2) is 8.27. The first-order valence-electron chi connectivity index (χ1n) is 7.22. The van der Waals surface area contributed by atoms with E-state index in [2.05, 4.69) is 45.3 Å². The van der Waals surface area contributed by atoms with E-state index in [9.17, 15) is 5.11 Å². The minimum atomic E-state index is 0.174. The second-order valence-corrected chi connectivity index (χ2v) is 5.95. The van der Waals surface area contributed by atoms with Gasteiger partial charge in [0.05, 0.1) is 5.69 Å². The zero-order chi connectivity index (χ0) is 15.1. The monoisotopic (exact) mass is 348 g/mol. The molecule has 2 N–H and O–H groups in total. The predicted octanol–water partition coefficient (Wildman–Crippen LogP) is 3.66. The molecule has 0 aliphatic rings. The van der Waals surface area contributed by atoms with Crippen LogP contribution in [0.15, 0.2) is 53.1 Å². The van der Waals surface area contributed by atoms with Gasteiger partial charge in [-0.3, -0.25) is 0 Å². The lowest BCUT2D eigenvalue weighted by molar-refractivity contribution is 0.272. The van der Waals surface area contributed by atoms with Gasteiger partial charge in [-0.2, -0.15) is 0 Å². The molecule has 0 aliphatic heterocycles. The summed E-state index contributed by atoms with van der Waals surface area (Å²) in [6.07, 6.45) is 0.760. The summed E-state index contributed by atoms with van der Waals surface area (Å²) in [5, 5.41) is 12.8. The fraction of sp³-hybridized carbons (Fsp3) is 0.353. The molecule has 0 saturated heterocycles.